The van der Waals surface area contributed by atoms with Gasteiger partial charge in [-0.15, -0.1) is 0 Å². The van der Waals surface area contributed by atoms with Crippen molar-refractivity contribution in [3.05, 3.63) is 57.3 Å². The number of nitrogens with zero attached hydrogens (tertiary/aromatic N) is 3. The molecule has 0 spiro atoms. The van der Waals surface area contributed by atoms with Crippen molar-refractivity contribution in [2.24, 2.45) is 0 Å². The van der Waals surface area contributed by atoms with Crippen LogP contribution in [0.15, 0.2) is 57.0 Å². The Balaban J connectivity index is 1.79. The fraction of sp³-hybridized carbons (Fsp3) is 0.316. The first-order chi connectivity index (χ1) is 13.2. The molecule has 0 N–H and O–H groups in total. The predicted octanol–water partition coefficient (Wildman–Crippen LogP) is 6.17. The summed E-state index contributed by atoms with van der Waals surface area (Å²) in [6.45, 7) is 8.22. The monoisotopic (exact) mass is 479 g/mol. The fourth-order valence-corrected chi connectivity index (χ4v) is 5.11. The van der Waals surface area contributed by atoms with E-state index in [0.717, 1.165) is 37.9 Å². The van der Waals surface area contributed by atoms with Gasteiger partial charge in [-0.3, -0.25) is 10.1 Å². The van der Waals surface area contributed by atoms with Crippen LogP contribution in [0, 0.1) is 10.1 Å². The summed E-state index contributed by atoms with van der Waals surface area (Å²) in [5.41, 5.74) is 0.943. The Morgan fingerprint density at radius 3 is 2.61 bits per heavy atom. The Labute approximate surface area is 177 Å². The molecule has 3 aromatic rings. The maximum Gasteiger partial charge on any atom is 0.269 e. The fourth-order valence-electron chi connectivity index (χ4n) is 2.63. The second-order valence-corrected chi connectivity index (χ2v) is 15.2. The molecule has 3 rings (SSSR count). The van der Waals surface area contributed by atoms with Crippen LogP contribution in [0.4, 0.5) is 5.69 Å². The van der Waals surface area contributed by atoms with Crippen LogP contribution in [0.2, 0.25) is 25.7 Å². The maximum absolute atomic E-state index is 10.8. The van der Waals surface area contributed by atoms with Crippen molar-refractivity contribution in [1.29, 1.82) is 0 Å². The molecule has 0 aliphatic rings. The van der Waals surface area contributed by atoms with Gasteiger partial charge in [0.1, 0.15) is 12.4 Å². The van der Waals surface area contributed by atoms with Gasteiger partial charge in [-0.05, 0) is 40.2 Å². The molecule has 0 radical (unpaired) electrons. The zero-order valence-corrected chi connectivity index (χ0v) is 19.4. The molecule has 0 aliphatic heterocycles. The summed E-state index contributed by atoms with van der Waals surface area (Å²) in [6, 6.07) is 9.65. The highest BCUT2D eigenvalue weighted by atomic mass is 79.9. The van der Waals surface area contributed by atoms with Crippen molar-refractivity contribution in [1.82, 2.24) is 9.55 Å². The first-order valence-corrected chi connectivity index (χ1v) is 14.2. The number of ether oxygens (including phenoxy) is 1. The molecule has 0 fully saturated rings. The molecule has 0 aliphatic carbocycles. The van der Waals surface area contributed by atoms with Gasteiger partial charge in [-0.1, -0.05) is 31.4 Å². The topological polar surface area (TPSA) is 70.2 Å². The van der Waals surface area contributed by atoms with E-state index < -0.39 is 13.0 Å². The van der Waals surface area contributed by atoms with Crippen molar-refractivity contribution in [2.75, 3.05) is 6.61 Å². The molecular formula is C19H22BrN3O3SSi. The van der Waals surface area contributed by atoms with E-state index >= 15 is 0 Å². The van der Waals surface area contributed by atoms with Gasteiger partial charge in [-0.2, -0.15) is 0 Å². The van der Waals surface area contributed by atoms with E-state index in [0.29, 0.717) is 6.73 Å². The number of rotatable bonds is 8. The number of aromatic nitrogens is 2. The van der Waals surface area contributed by atoms with Gasteiger partial charge in [0.25, 0.3) is 5.69 Å². The minimum absolute atomic E-state index is 0.0898. The molecule has 28 heavy (non-hydrogen) atoms. The molecule has 0 amide bonds. The van der Waals surface area contributed by atoms with Crippen LogP contribution >= 0.6 is 27.7 Å². The largest absolute Gasteiger partial charge is 0.361 e. The van der Waals surface area contributed by atoms with Gasteiger partial charge in [0.15, 0.2) is 0 Å². The van der Waals surface area contributed by atoms with Crippen molar-refractivity contribution in [3.8, 4) is 0 Å². The van der Waals surface area contributed by atoms with Gasteiger partial charge >= 0.3 is 0 Å². The number of halogens is 1. The van der Waals surface area contributed by atoms with E-state index in [1.165, 1.54) is 12.1 Å². The summed E-state index contributed by atoms with van der Waals surface area (Å²) in [5.74, 6) is 0. The third-order valence-corrected chi connectivity index (χ3v) is 7.55. The average Bonchev–Trinajstić information content (AvgIpc) is 2.95. The molecule has 1 aromatic carbocycles. The highest BCUT2D eigenvalue weighted by Crippen LogP contribution is 2.37. The quantitative estimate of drug-likeness (QED) is 0.167. The minimum atomic E-state index is -1.11. The first kappa shape index (κ1) is 21.0. The van der Waals surface area contributed by atoms with E-state index in [2.05, 4.69) is 40.6 Å². The van der Waals surface area contributed by atoms with Crippen LogP contribution in [-0.2, 0) is 11.5 Å². The van der Waals surface area contributed by atoms with Crippen LogP contribution in [0.3, 0.4) is 0 Å². The molecule has 0 atom stereocenters. The van der Waals surface area contributed by atoms with E-state index in [1.807, 2.05) is 16.8 Å². The predicted molar refractivity (Wildman–Crippen MR) is 119 cm³/mol. The number of nitro benzene ring substituents is 1. The van der Waals surface area contributed by atoms with Gasteiger partial charge < -0.3 is 9.30 Å². The summed E-state index contributed by atoms with van der Waals surface area (Å²) < 4.78 is 8.83. The SMILES string of the molecule is C[Si](C)(C)CCOCn1cc(Br)c2c(Sc3ccc([N+](=O)[O-])cc3)ccnc21. The van der Waals surface area contributed by atoms with Gasteiger partial charge in [-0.25, -0.2) is 4.98 Å². The van der Waals surface area contributed by atoms with Crippen LogP contribution in [0.1, 0.15) is 0 Å². The Morgan fingerprint density at radius 1 is 1.25 bits per heavy atom. The smallest absolute Gasteiger partial charge is 0.269 e. The minimum Gasteiger partial charge on any atom is -0.361 e. The van der Waals surface area contributed by atoms with Gasteiger partial charge in [0.2, 0.25) is 0 Å². The summed E-state index contributed by atoms with van der Waals surface area (Å²) in [4.78, 5) is 16.9. The molecule has 6 nitrogen and oxygen atoms in total. The molecule has 9 heteroatoms. The Hall–Kier alpha value is -1.68. The number of pyridine rings is 1. The summed E-state index contributed by atoms with van der Waals surface area (Å²) in [5, 5.41) is 11.8. The number of hydrogen-bond donors (Lipinski definition) is 0. The molecule has 0 saturated carbocycles. The van der Waals surface area contributed by atoms with E-state index in [4.69, 9.17) is 4.74 Å². The van der Waals surface area contributed by atoms with Crippen molar-refractivity contribution in [2.45, 2.75) is 42.2 Å². The molecular weight excluding hydrogens is 458 g/mol. The number of fused-ring (bicyclic) bond motifs is 1. The standard InChI is InChI=1S/C19H22BrN3O3SSi/c1-28(2,3)11-10-26-13-22-12-16(20)18-17(8-9-21-19(18)22)27-15-6-4-14(5-7-15)23(24)25/h4-9,12H,10-11,13H2,1-3H3. The lowest BCUT2D eigenvalue weighted by Gasteiger charge is -2.15. The highest BCUT2D eigenvalue weighted by molar-refractivity contribution is 9.10. The zero-order valence-electron chi connectivity index (χ0n) is 16.0. The van der Waals surface area contributed by atoms with E-state index in [1.54, 1.807) is 30.1 Å². The third-order valence-electron chi connectivity index (χ3n) is 4.17. The number of benzene rings is 1. The van der Waals surface area contributed by atoms with Crippen LogP contribution in [-0.4, -0.2) is 29.2 Å². The van der Waals surface area contributed by atoms with Gasteiger partial charge in [0, 0.05) is 58.9 Å². The Kier molecular flexibility index (Phi) is 6.59. The summed E-state index contributed by atoms with van der Waals surface area (Å²) in [6.07, 6.45) is 3.77. The average molecular weight is 480 g/mol. The number of nitro groups is 1. The van der Waals surface area contributed by atoms with Crippen LogP contribution in [0.25, 0.3) is 11.0 Å². The number of hydrogen-bond acceptors (Lipinski definition) is 5. The van der Waals surface area contributed by atoms with Gasteiger partial charge in [0.05, 0.1) is 4.92 Å². The normalized spacial score (nSPS) is 11.9. The molecule has 0 saturated heterocycles. The third kappa shape index (κ3) is 5.22. The second-order valence-electron chi connectivity index (χ2n) is 7.66. The second kappa shape index (κ2) is 8.77. The first-order valence-electron chi connectivity index (χ1n) is 8.88. The van der Waals surface area contributed by atoms with Crippen molar-refractivity contribution >= 4 is 52.5 Å². The summed E-state index contributed by atoms with van der Waals surface area (Å²) >= 11 is 5.20. The van der Waals surface area contributed by atoms with E-state index in [9.17, 15) is 10.1 Å². The molecule has 0 bridgehead atoms. The lowest BCUT2D eigenvalue weighted by atomic mass is 10.3. The molecule has 2 heterocycles. The number of non-ortho nitro benzene ring substituents is 1. The molecule has 0 unspecified atom stereocenters. The molecule has 148 valence electrons. The van der Waals surface area contributed by atoms with Crippen LogP contribution in [0.5, 0.6) is 0 Å². The lowest BCUT2D eigenvalue weighted by Crippen LogP contribution is -2.22. The van der Waals surface area contributed by atoms with Crippen LogP contribution < -0.4 is 0 Å². The Morgan fingerprint density at radius 2 is 1.96 bits per heavy atom. The van der Waals surface area contributed by atoms with Crippen molar-refractivity contribution in [3.63, 3.8) is 0 Å². The highest BCUT2D eigenvalue weighted by Gasteiger charge is 2.15. The van der Waals surface area contributed by atoms with E-state index in [-0.39, 0.29) is 5.69 Å². The zero-order chi connectivity index (χ0) is 20.3. The van der Waals surface area contributed by atoms with Crippen molar-refractivity contribution < 1.29 is 9.66 Å². The summed E-state index contributed by atoms with van der Waals surface area (Å²) in [7, 11) is -1.11. The lowest BCUT2D eigenvalue weighted by molar-refractivity contribution is -0.384. The maximum atomic E-state index is 10.8. The Bertz CT molecular complexity index is 986. The molecule has 2 aromatic heterocycles.